The Bertz CT molecular complexity index is 1060. The lowest BCUT2D eigenvalue weighted by atomic mass is 10.0. The smallest absolute Gasteiger partial charge is 0.330 e. The predicted molar refractivity (Wildman–Crippen MR) is 111 cm³/mol. The van der Waals surface area contributed by atoms with Gasteiger partial charge in [0.05, 0.1) is 5.25 Å². The van der Waals surface area contributed by atoms with E-state index < -0.39 is 45.3 Å². The molecule has 1 amide bonds. The third-order valence-corrected chi connectivity index (χ3v) is 6.27. The lowest BCUT2D eigenvalue weighted by Crippen LogP contribution is -2.34. The van der Waals surface area contributed by atoms with Crippen LogP contribution in [-0.2, 0) is 14.8 Å². The monoisotopic (exact) mass is 454 g/mol. The molecule has 0 fully saturated rings. The van der Waals surface area contributed by atoms with E-state index in [0.29, 0.717) is 5.56 Å². The van der Waals surface area contributed by atoms with Gasteiger partial charge < -0.3 is 10.1 Å². The first-order chi connectivity index (χ1) is 14.5. The van der Waals surface area contributed by atoms with Crippen LogP contribution in [0.15, 0.2) is 42.5 Å². The van der Waals surface area contributed by atoms with Gasteiger partial charge >= 0.3 is 5.97 Å². The number of hydrogen-bond acceptors (Lipinski definition) is 5. The molecule has 2 rings (SSSR count). The Balaban J connectivity index is 1.99. The van der Waals surface area contributed by atoms with Crippen molar-refractivity contribution in [3.05, 3.63) is 65.2 Å². The molecule has 2 aromatic rings. The summed E-state index contributed by atoms with van der Waals surface area (Å²) >= 11 is 0. The Morgan fingerprint density at radius 2 is 1.71 bits per heavy atom. The first-order valence-corrected chi connectivity index (χ1v) is 11.1. The molecule has 1 atom stereocenters. The van der Waals surface area contributed by atoms with Gasteiger partial charge in [0.1, 0.15) is 12.3 Å². The lowest BCUT2D eigenvalue weighted by Gasteiger charge is -2.18. The second kappa shape index (κ2) is 10.5. The molecule has 0 radical (unpaired) electrons. The van der Waals surface area contributed by atoms with Crippen LogP contribution in [0.25, 0.3) is 0 Å². The third kappa shape index (κ3) is 6.83. The number of amides is 1. The standard InChI is InChI=1S/C21H24F2N2O5S/c1-13(2)31(28,29)25-11-14(3)16-6-4-5-7-19(16)30-20(26)12-24-21(27)15-8-9-17(22)18(23)10-15/h4-10,13-14,25H,11-12H2,1-3H3,(H,24,27). The van der Waals surface area contributed by atoms with E-state index >= 15 is 0 Å². The number of para-hydroxylation sites is 1. The Morgan fingerprint density at radius 3 is 2.35 bits per heavy atom. The summed E-state index contributed by atoms with van der Waals surface area (Å²) in [4.78, 5) is 24.2. The van der Waals surface area contributed by atoms with E-state index in [0.717, 1.165) is 18.2 Å². The predicted octanol–water partition coefficient (Wildman–Crippen LogP) is 2.73. The molecule has 1 unspecified atom stereocenters. The largest absolute Gasteiger partial charge is 0.425 e. The summed E-state index contributed by atoms with van der Waals surface area (Å²) < 4.78 is 57.9. The first kappa shape index (κ1) is 24.4. The maximum Gasteiger partial charge on any atom is 0.330 e. The molecule has 0 saturated carbocycles. The van der Waals surface area contributed by atoms with E-state index in [-0.39, 0.29) is 23.8 Å². The van der Waals surface area contributed by atoms with Crippen LogP contribution in [0, 0.1) is 11.6 Å². The van der Waals surface area contributed by atoms with Crippen molar-refractivity contribution in [2.24, 2.45) is 0 Å². The first-order valence-electron chi connectivity index (χ1n) is 9.52. The van der Waals surface area contributed by atoms with Crippen LogP contribution in [0.4, 0.5) is 8.78 Å². The van der Waals surface area contributed by atoms with Crippen molar-refractivity contribution >= 4 is 21.9 Å². The molecule has 0 heterocycles. The van der Waals surface area contributed by atoms with Gasteiger partial charge in [-0.3, -0.25) is 4.79 Å². The van der Waals surface area contributed by atoms with E-state index in [1.807, 2.05) is 0 Å². The van der Waals surface area contributed by atoms with Crippen molar-refractivity contribution in [2.75, 3.05) is 13.1 Å². The lowest BCUT2D eigenvalue weighted by molar-refractivity contribution is -0.133. The fourth-order valence-corrected chi connectivity index (χ4v) is 3.36. The fraction of sp³-hybridized carbons (Fsp3) is 0.333. The number of halogens is 2. The van der Waals surface area contributed by atoms with Gasteiger partial charge in [0.15, 0.2) is 11.6 Å². The molecule has 7 nitrogen and oxygen atoms in total. The summed E-state index contributed by atoms with van der Waals surface area (Å²) in [7, 11) is -3.44. The second-order valence-electron chi connectivity index (χ2n) is 7.17. The molecule has 0 bridgehead atoms. The van der Waals surface area contributed by atoms with Gasteiger partial charge in [-0.15, -0.1) is 0 Å². The molecule has 0 aliphatic rings. The number of rotatable bonds is 9. The summed E-state index contributed by atoms with van der Waals surface area (Å²) in [5, 5.41) is 1.70. The molecule has 0 spiro atoms. The number of carbonyl (C=O) groups excluding carboxylic acids is 2. The topological polar surface area (TPSA) is 102 Å². The van der Waals surface area contributed by atoms with Crippen LogP contribution in [0.1, 0.15) is 42.6 Å². The highest BCUT2D eigenvalue weighted by atomic mass is 32.2. The van der Waals surface area contributed by atoms with Crippen LogP contribution in [-0.4, -0.2) is 38.6 Å². The van der Waals surface area contributed by atoms with E-state index in [2.05, 4.69) is 10.0 Å². The molecule has 0 aliphatic heterocycles. The molecule has 2 aromatic carbocycles. The molecule has 10 heteroatoms. The average molecular weight is 454 g/mol. The van der Waals surface area contributed by atoms with Crippen LogP contribution >= 0.6 is 0 Å². The van der Waals surface area contributed by atoms with Crippen LogP contribution in [0.3, 0.4) is 0 Å². The Morgan fingerprint density at radius 1 is 1.03 bits per heavy atom. The highest BCUT2D eigenvalue weighted by molar-refractivity contribution is 7.90. The molecule has 0 saturated heterocycles. The highest BCUT2D eigenvalue weighted by Crippen LogP contribution is 2.26. The van der Waals surface area contributed by atoms with Gasteiger partial charge in [0.2, 0.25) is 10.0 Å². The zero-order chi connectivity index (χ0) is 23.2. The van der Waals surface area contributed by atoms with E-state index in [1.54, 1.807) is 45.0 Å². The van der Waals surface area contributed by atoms with Crippen molar-refractivity contribution in [1.82, 2.24) is 10.0 Å². The Hall–Kier alpha value is -2.85. The van der Waals surface area contributed by atoms with Crippen molar-refractivity contribution < 1.29 is 31.5 Å². The number of hydrogen-bond donors (Lipinski definition) is 2. The van der Waals surface area contributed by atoms with Gasteiger partial charge in [-0.2, -0.15) is 0 Å². The molecule has 168 valence electrons. The minimum atomic E-state index is -3.44. The molecule has 2 N–H and O–H groups in total. The van der Waals surface area contributed by atoms with Gasteiger partial charge in [-0.25, -0.2) is 26.7 Å². The van der Waals surface area contributed by atoms with E-state index in [4.69, 9.17) is 4.74 Å². The average Bonchev–Trinajstić information content (AvgIpc) is 2.72. The minimum absolute atomic E-state index is 0.113. The third-order valence-electron chi connectivity index (χ3n) is 4.46. The highest BCUT2D eigenvalue weighted by Gasteiger charge is 2.20. The Labute approximate surface area is 179 Å². The van der Waals surface area contributed by atoms with Gasteiger partial charge in [-0.1, -0.05) is 25.1 Å². The summed E-state index contributed by atoms with van der Waals surface area (Å²) in [6, 6.07) is 9.27. The van der Waals surface area contributed by atoms with Gasteiger partial charge in [-0.05, 0) is 49.6 Å². The van der Waals surface area contributed by atoms with Crippen LogP contribution in [0.5, 0.6) is 5.75 Å². The molecular formula is C21H24F2N2O5S. The zero-order valence-electron chi connectivity index (χ0n) is 17.3. The number of sulfonamides is 1. The van der Waals surface area contributed by atoms with Gasteiger partial charge in [0, 0.05) is 12.1 Å². The number of benzene rings is 2. The summed E-state index contributed by atoms with van der Waals surface area (Å²) in [6.07, 6.45) is 0. The molecule has 0 aromatic heterocycles. The second-order valence-corrected chi connectivity index (χ2v) is 9.49. The summed E-state index contributed by atoms with van der Waals surface area (Å²) in [5.74, 6) is -3.87. The van der Waals surface area contributed by atoms with Crippen molar-refractivity contribution in [3.63, 3.8) is 0 Å². The minimum Gasteiger partial charge on any atom is -0.425 e. The number of nitrogens with one attached hydrogen (secondary N) is 2. The van der Waals surface area contributed by atoms with Gasteiger partial charge in [0.25, 0.3) is 5.91 Å². The molecular weight excluding hydrogens is 430 g/mol. The van der Waals surface area contributed by atoms with E-state index in [9.17, 15) is 26.8 Å². The van der Waals surface area contributed by atoms with Crippen molar-refractivity contribution in [3.8, 4) is 5.75 Å². The number of ether oxygens (including phenoxy) is 1. The maximum absolute atomic E-state index is 13.2. The quantitative estimate of drug-likeness (QED) is 0.448. The van der Waals surface area contributed by atoms with Crippen LogP contribution in [0.2, 0.25) is 0 Å². The molecule has 31 heavy (non-hydrogen) atoms. The van der Waals surface area contributed by atoms with Crippen molar-refractivity contribution in [1.29, 1.82) is 0 Å². The van der Waals surface area contributed by atoms with E-state index in [1.165, 1.54) is 0 Å². The molecule has 0 aliphatic carbocycles. The van der Waals surface area contributed by atoms with Crippen LogP contribution < -0.4 is 14.8 Å². The number of esters is 1. The normalized spacial score (nSPS) is 12.5. The summed E-state index contributed by atoms with van der Waals surface area (Å²) in [5.41, 5.74) is 0.465. The Kier molecular flexibility index (Phi) is 8.23. The summed E-state index contributed by atoms with van der Waals surface area (Å²) in [6.45, 7) is 4.53. The SMILES string of the molecule is CC(CNS(=O)(=O)C(C)C)c1ccccc1OC(=O)CNC(=O)c1ccc(F)c(F)c1. The fourth-order valence-electron chi connectivity index (χ4n) is 2.55. The number of carbonyl (C=O) groups is 2. The zero-order valence-corrected chi connectivity index (χ0v) is 18.1. The maximum atomic E-state index is 13.2. The van der Waals surface area contributed by atoms with Crippen molar-refractivity contribution in [2.45, 2.75) is 31.9 Å².